The molecule has 0 bridgehead atoms. The highest BCUT2D eigenvalue weighted by atomic mass is 35.5. The van der Waals surface area contributed by atoms with Crippen LogP contribution in [0.15, 0.2) is 18.2 Å². The molecule has 0 spiro atoms. The number of hydrogen-bond acceptors (Lipinski definition) is 5. The van der Waals surface area contributed by atoms with Crippen LogP contribution in [-0.2, 0) is 0 Å². The molecule has 0 radical (unpaired) electrons. The van der Waals surface area contributed by atoms with Crippen LogP contribution in [0.4, 0.5) is 5.69 Å². The quantitative estimate of drug-likeness (QED) is 0.611. The standard InChI is InChI=1S/C12H17N3O4.ClH/c1-8(13)5-6-14-12(16)9-3-4-11(19-2)10(7-9)15(17)18;/h3-4,7-8H,5-6,13H2,1-2H3,(H,14,16);1H. The fraction of sp³-hybridized carbons (Fsp3) is 0.417. The predicted molar refractivity (Wildman–Crippen MR) is 77.5 cm³/mol. The van der Waals surface area contributed by atoms with Crippen molar-refractivity contribution in [2.45, 2.75) is 19.4 Å². The minimum absolute atomic E-state index is 0. The second kappa shape index (κ2) is 8.34. The Labute approximate surface area is 123 Å². The maximum atomic E-state index is 11.8. The van der Waals surface area contributed by atoms with E-state index in [-0.39, 0.29) is 41.4 Å². The Morgan fingerprint density at radius 2 is 2.20 bits per heavy atom. The van der Waals surface area contributed by atoms with Gasteiger partial charge in [-0.05, 0) is 25.5 Å². The number of methoxy groups -OCH3 is 1. The Morgan fingerprint density at radius 1 is 1.55 bits per heavy atom. The largest absolute Gasteiger partial charge is 0.490 e. The van der Waals surface area contributed by atoms with Crippen LogP contribution >= 0.6 is 12.4 Å². The lowest BCUT2D eigenvalue weighted by Crippen LogP contribution is -2.28. The summed E-state index contributed by atoms with van der Waals surface area (Å²) in [5, 5.41) is 13.5. The number of nitro benzene ring substituents is 1. The van der Waals surface area contributed by atoms with E-state index in [0.717, 1.165) is 0 Å². The predicted octanol–water partition coefficient (Wildman–Crippen LogP) is 1.49. The lowest BCUT2D eigenvalue weighted by atomic mass is 10.1. The number of benzene rings is 1. The number of ether oxygens (including phenoxy) is 1. The molecule has 1 unspecified atom stereocenters. The molecule has 0 aliphatic carbocycles. The van der Waals surface area contributed by atoms with Gasteiger partial charge in [0.1, 0.15) is 0 Å². The highest BCUT2D eigenvalue weighted by Crippen LogP contribution is 2.27. The third-order valence-electron chi connectivity index (χ3n) is 2.52. The molecule has 20 heavy (non-hydrogen) atoms. The highest BCUT2D eigenvalue weighted by molar-refractivity contribution is 5.95. The highest BCUT2D eigenvalue weighted by Gasteiger charge is 2.17. The van der Waals surface area contributed by atoms with Gasteiger partial charge in [0.05, 0.1) is 12.0 Å². The fourth-order valence-corrected chi connectivity index (χ4v) is 1.49. The summed E-state index contributed by atoms with van der Waals surface area (Å²) >= 11 is 0. The minimum atomic E-state index is -0.586. The molecule has 0 fully saturated rings. The van der Waals surface area contributed by atoms with Crippen molar-refractivity contribution in [1.82, 2.24) is 5.32 Å². The van der Waals surface area contributed by atoms with E-state index in [1.807, 2.05) is 6.92 Å². The van der Waals surface area contributed by atoms with Gasteiger partial charge in [0.25, 0.3) is 5.91 Å². The SMILES string of the molecule is COc1ccc(C(=O)NCCC(C)N)cc1[N+](=O)[O-].Cl. The maximum Gasteiger partial charge on any atom is 0.311 e. The summed E-state index contributed by atoms with van der Waals surface area (Å²) in [6.07, 6.45) is 0.643. The zero-order chi connectivity index (χ0) is 14.4. The van der Waals surface area contributed by atoms with Gasteiger partial charge in [0, 0.05) is 24.2 Å². The van der Waals surface area contributed by atoms with Crippen LogP contribution in [0.2, 0.25) is 0 Å². The molecule has 0 saturated heterocycles. The molecule has 1 amide bonds. The third-order valence-corrected chi connectivity index (χ3v) is 2.52. The molecule has 0 saturated carbocycles. The molecule has 3 N–H and O–H groups in total. The van der Waals surface area contributed by atoms with Gasteiger partial charge in [-0.2, -0.15) is 0 Å². The van der Waals surface area contributed by atoms with E-state index in [2.05, 4.69) is 5.32 Å². The summed E-state index contributed by atoms with van der Waals surface area (Å²) in [5.74, 6) is -0.247. The number of carbonyl (C=O) groups excluding carboxylic acids is 1. The molecule has 112 valence electrons. The molecule has 1 atom stereocenters. The maximum absolute atomic E-state index is 11.8. The van der Waals surface area contributed by atoms with Crippen molar-refractivity contribution < 1.29 is 14.5 Å². The molecule has 7 nitrogen and oxygen atoms in total. The van der Waals surface area contributed by atoms with E-state index in [9.17, 15) is 14.9 Å². The molecule has 0 heterocycles. The number of nitrogens with zero attached hydrogens (tertiary/aromatic N) is 1. The third kappa shape index (κ3) is 5.02. The lowest BCUT2D eigenvalue weighted by Gasteiger charge is -2.08. The topological polar surface area (TPSA) is 107 Å². The first-order valence-electron chi connectivity index (χ1n) is 5.82. The second-order valence-corrected chi connectivity index (χ2v) is 4.17. The normalized spacial score (nSPS) is 11.2. The fourth-order valence-electron chi connectivity index (χ4n) is 1.49. The molecule has 0 aromatic heterocycles. The number of amides is 1. The van der Waals surface area contributed by atoms with Gasteiger partial charge in [0.15, 0.2) is 5.75 Å². The van der Waals surface area contributed by atoms with Gasteiger partial charge in [0.2, 0.25) is 0 Å². The lowest BCUT2D eigenvalue weighted by molar-refractivity contribution is -0.385. The molecule has 8 heteroatoms. The minimum Gasteiger partial charge on any atom is -0.490 e. The van der Waals surface area contributed by atoms with E-state index >= 15 is 0 Å². The summed E-state index contributed by atoms with van der Waals surface area (Å²) in [6.45, 7) is 2.26. The average Bonchev–Trinajstić information content (AvgIpc) is 2.37. The summed E-state index contributed by atoms with van der Waals surface area (Å²) in [7, 11) is 1.34. The monoisotopic (exact) mass is 303 g/mol. The molecule has 0 aliphatic heterocycles. The number of carbonyl (C=O) groups is 1. The van der Waals surface area contributed by atoms with Gasteiger partial charge in [-0.1, -0.05) is 0 Å². The molecular formula is C12H18ClN3O4. The summed E-state index contributed by atoms with van der Waals surface area (Å²) < 4.78 is 4.86. The van der Waals surface area contributed by atoms with Gasteiger partial charge in [-0.3, -0.25) is 14.9 Å². The van der Waals surface area contributed by atoms with E-state index in [4.69, 9.17) is 10.5 Å². The number of nitrogens with one attached hydrogen (secondary N) is 1. The smallest absolute Gasteiger partial charge is 0.311 e. The molecule has 0 aliphatic rings. The van der Waals surface area contributed by atoms with Crippen LogP contribution < -0.4 is 15.8 Å². The molecule has 1 aromatic rings. The van der Waals surface area contributed by atoms with Crippen LogP contribution in [0.5, 0.6) is 5.75 Å². The summed E-state index contributed by atoms with van der Waals surface area (Å²) in [5.41, 5.74) is 5.55. The molecule has 1 rings (SSSR count). The van der Waals surface area contributed by atoms with Crippen molar-refractivity contribution >= 4 is 24.0 Å². The molecular weight excluding hydrogens is 286 g/mol. The van der Waals surface area contributed by atoms with Crippen LogP contribution in [0, 0.1) is 10.1 Å². The Hall–Kier alpha value is -1.86. The summed E-state index contributed by atoms with van der Waals surface area (Å²) in [4.78, 5) is 22.0. The zero-order valence-corrected chi connectivity index (χ0v) is 12.1. The van der Waals surface area contributed by atoms with Gasteiger partial charge in [-0.15, -0.1) is 12.4 Å². The number of halogens is 1. The Balaban J connectivity index is 0.00000361. The van der Waals surface area contributed by atoms with Crippen molar-refractivity contribution in [2.75, 3.05) is 13.7 Å². The first-order chi connectivity index (χ1) is 8.95. The van der Waals surface area contributed by atoms with Crippen LogP contribution in [-0.4, -0.2) is 30.5 Å². The van der Waals surface area contributed by atoms with Crippen molar-refractivity contribution in [2.24, 2.45) is 5.73 Å². The van der Waals surface area contributed by atoms with E-state index in [0.29, 0.717) is 13.0 Å². The van der Waals surface area contributed by atoms with Gasteiger partial charge >= 0.3 is 5.69 Å². The van der Waals surface area contributed by atoms with Crippen molar-refractivity contribution in [3.63, 3.8) is 0 Å². The average molecular weight is 304 g/mol. The van der Waals surface area contributed by atoms with Crippen LogP contribution in [0.3, 0.4) is 0 Å². The Kier molecular flexibility index (Phi) is 7.56. The van der Waals surface area contributed by atoms with Crippen molar-refractivity contribution in [3.8, 4) is 5.75 Å². The Bertz CT molecular complexity index is 480. The number of nitrogens with two attached hydrogens (primary N) is 1. The van der Waals surface area contributed by atoms with Crippen molar-refractivity contribution in [3.05, 3.63) is 33.9 Å². The zero-order valence-electron chi connectivity index (χ0n) is 11.3. The van der Waals surface area contributed by atoms with Gasteiger partial charge in [-0.25, -0.2) is 0 Å². The summed E-state index contributed by atoms with van der Waals surface area (Å²) in [6, 6.07) is 4.07. The number of rotatable bonds is 6. The van der Waals surface area contributed by atoms with E-state index < -0.39 is 4.92 Å². The van der Waals surface area contributed by atoms with E-state index in [1.165, 1.54) is 25.3 Å². The second-order valence-electron chi connectivity index (χ2n) is 4.17. The van der Waals surface area contributed by atoms with Crippen LogP contribution in [0.25, 0.3) is 0 Å². The van der Waals surface area contributed by atoms with E-state index in [1.54, 1.807) is 0 Å². The molecule has 1 aromatic carbocycles. The Morgan fingerprint density at radius 3 is 2.70 bits per heavy atom. The van der Waals surface area contributed by atoms with Crippen molar-refractivity contribution in [1.29, 1.82) is 0 Å². The van der Waals surface area contributed by atoms with Crippen LogP contribution in [0.1, 0.15) is 23.7 Å². The number of nitro groups is 1. The number of hydrogen-bond donors (Lipinski definition) is 2. The first-order valence-corrected chi connectivity index (χ1v) is 5.82. The first kappa shape index (κ1) is 18.1. The van der Waals surface area contributed by atoms with Gasteiger partial charge < -0.3 is 15.8 Å².